The molecule has 0 saturated heterocycles. The molecule has 0 saturated carbocycles. The van der Waals surface area contributed by atoms with E-state index in [1.54, 1.807) is 0 Å². The second-order valence-corrected chi connectivity index (χ2v) is 7.04. The van der Waals surface area contributed by atoms with Crippen LogP contribution in [-0.4, -0.2) is 47.9 Å². The molecule has 2 amide bonds. The fourth-order valence-corrected chi connectivity index (χ4v) is 3.65. The molecule has 0 atom stereocenters. The summed E-state index contributed by atoms with van der Waals surface area (Å²) in [5.74, 6) is -2.59. The fourth-order valence-electron chi connectivity index (χ4n) is 2.59. The maximum atomic E-state index is 12.4. The first kappa shape index (κ1) is 19.1. The Morgan fingerprint density at radius 1 is 0.815 bits per heavy atom. The van der Waals surface area contributed by atoms with Gasteiger partial charge >= 0.3 is 11.9 Å². The highest BCUT2D eigenvalue weighted by atomic mass is 79.9. The SMILES string of the molecule is COC(=O)c1cc(Br)c(C2=C(c3[nH]c(C(=O)OC)cc3Br)C(=O)NC2=O)[nH]1. The maximum Gasteiger partial charge on any atom is 0.354 e. The van der Waals surface area contributed by atoms with Gasteiger partial charge in [-0.3, -0.25) is 14.9 Å². The minimum Gasteiger partial charge on any atom is -0.464 e. The van der Waals surface area contributed by atoms with Gasteiger partial charge in [0.15, 0.2) is 0 Å². The van der Waals surface area contributed by atoms with Crippen LogP contribution in [0.4, 0.5) is 0 Å². The largest absolute Gasteiger partial charge is 0.464 e. The van der Waals surface area contributed by atoms with Crippen molar-refractivity contribution < 1.29 is 28.7 Å². The van der Waals surface area contributed by atoms with E-state index in [0.717, 1.165) is 0 Å². The van der Waals surface area contributed by atoms with Gasteiger partial charge < -0.3 is 19.4 Å². The Bertz CT molecular complexity index is 953. The van der Waals surface area contributed by atoms with Gasteiger partial charge in [0.05, 0.1) is 36.8 Å². The van der Waals surface area contributed by atoms with Gasteiger partial charge in [-0.15, -0.1) is 0 Å². The Kier molecular flexibility index (Phi) is 5.07. The molecular formula is C16H11Br2N3O6. The summed E-state index contributed by atoms with van der Waals surface area (Å²) in [6, 6.07) is 2.87. The van der Waals surface area contributed by atoms with E-state index in [1.807, 2.05) is 0 Å². The van der Waals surface area contributed by atoms with Gasteiger partial charge in [-0.2, -0.15) is 0 Å². The van der Waals surface area contributed by atoms with Gasteiger partial charge in [0.2, 0.25) is 0 Å². The summed E-state index contributed by atoms with van der Waals surface area (Å²) in [6.07, 6.45) is 0. The molecular weight excluding hydrogens is 490 g/mol. The average Bonchev–Trinajstić information content (AvgIpc) is 3.28. The van der Waals surface area contributed by atoms with Gasteiger partial charge in [-0.05, 0) is 44.0 Å². The summed E-state index contributed by atoms with van der Waals surface area (Å²) in [6.45, 7) is 0. The number of aromatic nitrogens is 2. The van der Waals surface area contributed by atoms with Crippen LogP contribution in [0.2, 0.25) is 0 Å². The predicted molar refractivity (Wildman–Crippen MR) is 99.6 cm³/mol. The van der Waals surface area contributed by atoms with Crippen LogP contribution in [0.5, 0.6) is 0 Å². The Hall–Kier alpha value is -2.66. The summed E-state index contributed by atoms with van der Waals surface area (Å²) in [4.78, 5) is 53.8. The molecule has 3 heterocycles. The quantitative estimate of drug-likeness (QED) is 0.435. The molecule has 0 aromatic carbocycles. The predicted octanol–water partition coefficient (Wildman–Crippen LogP) is 2.01. The lowest BCUT2D eigenvalue weighted by Gasteiger charge is -2.03. The van der Waals surface area contributed by atoms with Crippen LogP contribution in [0.15, 0.2) is 21.1 Å². The van der Waals surface area contributed by atoms with Crippen molar-refractivity contribution in [1.82, 2.24) is 15.3 Å². The molecule has 0 radical (unpaired) electrons. The van der Waals surface area contributed by atoms with Crippen molar-refractivity contribution in [3.63, 3.8) is 0 Å². The minimum absolute atomic E-state index is 0.000920. The van der Waals surface area contributed by atoms with E-state index in [-0.39, 0.29) is 33.9 Å². The molecule has 0 fully saturated rings. The highest BCUT2D eigenvalue weighted by Gasteiger charge is 2.36. The van der Waals surface area contributed by atoms with Crippen molar-refractivity contribution in [3.8, 4) is 0 Å². The molecule has 0 spiro atoms. The number of amides is 2. The third kappa shape index (κ3) is 3.23. The summed E-state index contributed by atoms with van der Waals surface area (Å²) in [5, 5.41) is 2.21. The van der Waals surface area contributed by atoms with Crippen molar-refractivity contribution in [3.05, 3.63) is 43.9 Å². The highest BCUT2D eigenvalue weighted by molar-refractivity contribution is 9.10. The molecule has 27 heavy (non-hydrogen) atoms. The van der Waals surface area contributed by atoms with E-state index >= 15 is 0 Å². The zero-order valence-electron chi connectivity index (χ0n) is 13.9. The summed E-state index contributed by atoms with van der Waals surface area (Å²) >= 11 is 6.54. The second kappa shape index (κ2) is 7.16. The first-order chi connectivity index (χ1) is 12.8. The number of esters is 2. The van der Waals surface area contributed by atoms with Gasteiger partial charge in [-0.25, -0.2) is 9.59 Å². The number of halogens is 2. The topological polar surface area (TPSA) is 130 Å². The monoisotopic (exact) mass is 499 g/mol. The molecule has 1 aliphatic rings. The van der Waals surface area contributed by atoms with E-state index in [4.69, 9.17) is 0 Å². The number of aromatic amines is 2. The molecule has 11 heteroatoms. The van der Waals surface area contributed by atoms with Crippen molar-refractivity contribution in [1.29, 1.82) is 0 Å². The number of carbonyl (C=O) groups excluding carboxylic acids is 4. The molecule has 3 N–H and O–H groups in total. The number of carbonyl (C=O) groups is 4. The third-order valence-electron chi connectivity index (χ3n) is 3.78. The van der Waals surface area contributed by atoms with Crippen molar-refractivity contribution in [2.24, 2.45) is 0 Å². The zero-order valence-corrected chi connectivity index (χ0v) is 17.0. The number of imide groups is 1. The number of H-pyrrole nitrogens is 2. The van der Waals surface area contributed by atoms with E-state index in [1.165, 1.54) is 26.4 Å². The van der Waals surface area contributed by atoms with E-state index < -0.39 is 23.8 Å². The average molecular weight is 501 g/mol. The van der Waals surface area contributed by atoms with Crippen LogP contribution < -0.4 is 5.32 Å². The van der Waals surface area contributed by atoms with Crippen LogP contribution >= 0.6 is 31.9 Å². The zero-order chi connectivity index (χ0) is 19.9. The first-order valence-electron chi connectivity index (χ1n) is 7.32. The Morgan fingerprint density at radius 3 is 1.52 bits per heavy atom. The highest BCUT2D eigenvalue weighted by Crippen LogP contribution is 2.37. The maximum absolute atomic E-state index is 12.4. The molecule has 3 rings (SSSR count). The van der Waals surface area contributed by atoms with Crippen molar-refractivity contribution in [2.75, 3.05) is 14.2 Å². The number of methoxy groups -OCH3 is 2. The summed E-state index contributed by atoms with van der Waals surface area (Å²) < 4.78 is 10.1. The number of hydrogen-bond donors (Lipinski definition) is 3. The van der Waals surface area contributed by atoms with E-state index in [2.05, 4.69) is 56.6 Å². The lowest BCUT2D eigenvalue weighted by molar-refractivity contribution is -0.122. The van der Waals surface area contributed by atoms with E-state index in [9.17, 15) is 19.2 Å². The normalized spacial score (nSPS) is 13.8. The number of rotatable bonds is 4. The lowest BCUT2D eigenvalue weighted by atomic mass is 10.0. The molecule has 1 aliphatic heterocycles. The summed E-state index contributed by atoms with van der Waals surface area (Å²) in [5.41, 5.74) is 0.630. The van der Waals surface area contributed by atoms with Gasteiger partial charge in [0.25, 0.3) is 11.8 Å². The van der Waals surface area contributed by atoms with Crippen LogP contribution in [0.25, 0.3) is 11.1 Å². The Balaban J connectivity index is 2.21. The molecule has 0 bridgehead atoms. The second-order valence-electron chi connectivity index (χ2n) is 5.33. The lowest BCUT2D eigenvalue weighted by Crippen LogP contribution is -2.23. The molecule has 140 valence electrons. The smallest absolute Gasteiger partial charge is 0.354 e. The third-order valence-corrected chi connectivity index (χ3v) is 5.03. The fraction of sp³-hybridized carbons (Fsp3) is 0.125. The van der Waals surface area contributed by atoms with Gasteiger partial charge in [0.1, 0.15) is 11.4 Å². The number of nitrogens with one attached hydrogen (secondary N) is 3. The molecule has 2 aromatic heterocycles. The van der Waals surface area contributed by atoms with Crippen LogP contribution in [0.1, 0.15) is 32.4 Å². The molecule has 2 aromatic rings. The van der Waals surface area contributed by atoms with Crippen molar-refractivity contribution in [2.45, 2.75) is 0 Å². The van der Waals surface area contributed by atoms with Crippen LogP contribution in [0, 0.1) is 0 Å². The van der Waals surface area contributed by atoms with Crippen LogP contribution in [-0.2, 0) is 19.1 Å². The Labute approximate surface area is 168 Å². The minimum atomic E-state index is -0.657. The van der Waals surface area contributed by atoms with Gasteiger partial charge in [0, 0.05) is 8.95 Å². The van der Waals surface area contributed by atoms with Crippen LogP contribution in [0.3, 0.4) is 0 Å². The van der Waals surface area contributed by atoms with Crippen molar-refractivity contribution >= 4 is 66.8 Å². The first-order valence-corrected chi connectivity index (χ1v) is 8.91. The number of hydrogen-bond acceptors (Lipinski definition) is 6. The molecule has 9 nitrogen and oxygen atoms in total. The standard InChI is InChI=1S/C16H11Br2N3O6/c1-26-15(24)7-3-5(17)11(19-7)9-10(14(23)21-13(9)22)12-6(18)4-8(20-12)16(25)27-2/h3-4,19-20H,1-2H3,(H,21,22,23). The number of ether oxygens (including phenoxy) is 2. The molecule has 0 aliphatic carbocycles. The van der Waals surface area contributed by atoms with E-state index in [0.29, 0.717) is 8.95 Å². The van der Waals surface area contributed by atoms with Gasteiger partial charge in [-0.1, -0.05) is 0 Å². The molecule has 0 unspecified atom stereocenters. The summed E-state index contributed by atoms with van der Waals surface area (Å²) in [7, 11) is 2.44. The Morgan fingerprint density at radius 2 is 1.19 bits per heavy atom.